The first-order valence-corrected chi connectivity index (χ1v) is 9.41. The van der Waals surface area contributed by atoms with Gasteiger partial charge in [0.15, 0.2) is 0 Å². The molecule has 0 saturated heterocycles. The van der Waals surface area contributed by atoms with E-state index in [0.29, 0.717) is 23.1 Å². The molecule has 7 heteroatoms. The van der Waals surface area contributed by atoms with Gasteiger partial charge in [-0.1, -0.05) is 30.3 Å². The zero-order chi connectivity index (χ0) is 20.1. The summed E-state index contributed by atoms with van der Waals surface area (Å²) in [5, 5.41) is 1.45. The number of carbonyl (C=O) groups excluding carboxylic acids is 2. The number of hydrogen-bond acceptors (Lipinski definition) is 4. The van der Waals surface area contributed by atoms with Gasteiger partial charge in [-0.3, -0.25) is 23.9 Å². The van der Waals surface area contributed by atoms with Gasteiger partial charge < -0.3 is 4.98 Å². The fraction of sp³-hybridized carbons (Fsp3) is 0.182. The lowest BCUT2D eigenvalue weighted by Crippen LogP contribution is -2.49. The number of para-hydroxylation sites is 2. The molecule has 2 aromatic heterocycles. The van der Waals surface area contributed by atoms with Gasteiger partial charge in [0.05, 0.1) is 17.4 Å². The van der Waals surface area contributed by atoms with Crippen molar-refractivity contribution >= 4 is 33.6 Å². The molecule has 0 bridgehead atoms. The molecule has 1 N–H and O–H groups in total. The van der Waals surface area contributed by atoms with E-state index in [2.05, 4.69) is 9.97 Å². The number of fused-ring (bicyclic) bond motifs is 3. The zero-order valence-electron chi connectivity index (χ0n) is 15.8. The van der Waals surface area contributed by atoms with Crippen molar-refractivity contribution in [3.63, 3.8) is 0 Å². The van der Waals surface area contributed by atoms with Crippen LogP contribution in [0.3, 0.4) is 0 Å². The summed E-state index contributed by atoms with van der Waals surface area (Å²) < 4.78 is 1.46. The number of H-pyrrole nitrogens is 1. The van der Waals surface area contributed by atoms with Crippen LogP contribution in [-0.4, -0.2) is 31.2 Å². The first-order chi connectivity index (χ1) is 14.0. The van der Waals surface area contributed by atoms with Crippen molar-refractivity contribution in [3.8, 4) is 0 Å². The van der Waals surface area contributed by atoms with Crippen LogP contribution in [0.5, 0.6) is 0 Å². The molecule has 1 aliphatic rings. The van der Waals surface area contributed by atoms with Crippen molar-refractivity contribution in [2.45, 2.75) is 25.9 Å². The number of carbonyl (C=O) groups is 2. The Morgan fingerprint density at radius 3 is 2.62 bits per heavy atom. The predicted molar refractivity (Wildman–Crippen MR) is 108 cm³/mol. The number of hydrogen-bond donors (Lipinski definition) is 1. The van der Waals surface area contributed by atoms with E-state index in [-0.39, 0.29) is 23.9 Å². The standard InChI is InChI=1S/C22H18N4O3/c1-13(27)25-12-20-24-18-9-5-3-7-16(18)21(28)26(20)19(22(25)29)10-14-11-23-17-8-4-2-6-15(14)17/h2-9,11,19,23H,10,12H2,1H3/t19-/m0/s1. The highest BCUT2D eigenvalue weighted by Gasteiger charge is 2.37. The second-order valence-electron chi connectivity index (χ2n) is 7.24. The van der Waals surface area contributed by atoms with Crippen molar-refractivity contribution < 1.29 is 9.59 Å². The first-order valence-electron chi connectivity index (χ1n) is 9.41. The molecular formula is C22H18N4O3. The SMILES string of the molecule is CC(=O)N1Cc2nc3ccccc3c(=O)n2[C@@H](Cc2c[nH]c3ccccc23)C1=O. The molecule has 4 aromatic rings. The molecule has 1 atom stereocenters. The molecule has 1 aliphatic heterocycles. The minimum Gasteiger partial charge on any atom is -0.361 e. The number of nitrogens with one attached hydrogen (secondary N) is 1. The molecule has 5 rings (SSSR count). The van der Waals surface area contributed by atoms with Crippen LogP contribution in [0.15, 0.2) is 59.5 Å². The Kier molecular flexibility index (Phi) is 3.84. The Balaban J connectivity index is 1.71. The molecule has 29 heavy (non-hydrogen) atoms. The highest BCUT2D eigenvalue weighted by atomic mass is 16.2. The monoisotopic (exact) mass is 386 g/mol. The van der Waals surface area contributed by atoms with E-state index in [9.17, 15) is 14.4 Å². The van der Waals surface area contributed by atoms with E-state index >= 15 is 0 Å². The topological polar surface area (TPSA) is 88.1 Å². The molecule has 0 unspecified atom stereocenters. The van der Waals surface area contributed by atoms with Crippen LogP contribution in [0.4, 0.5) is 0 Å². The largest absolute Gasteiger partial charge is 0.361 e. The third kappa shape index (κ3) is 2.66. The molecule has 0 radical (unpaired) electrons. The Morgan fingerprint density at radius 1 is 1.10 bits per heavy atom. The van der Waals surface area contributed by atoms with E-state index in [0.717, 1.165) is 16.5 Å². The average Bonchev–Trinajstić information content (AvgIpc) is 3.13. The average molecular weight is 386 g/mol. The molecule has 2 amide bonds. The molecule has 7 nitrogen and oxygen atoms in total. The summed E-state index contributed by atoms with van der Waals surface area (Å²) in [6, 6.07) is 14.0. The molecule has 0 spiro atoms. The van der Waals surface area contributed by atoms with Gasteiger partial charge in [-0.2, -0.15) is 0 Å². The number of amides is 2. The fourth-order valence-electron chi connectivity index (χ4n) is 4.09. The van der Waals surface area contributed by atoms with Crippen molar-refractivity contribution in [3.05, 3.63) is 76.5 Å². The van der Waals surface area contributed by atoms with Crippen LogP contribution in [0.25, 0.3) is 21.8 Å². The van der Waals surface area contributed by atoms with E-state index in [4.69, 9.17) is 0 Å². The number of aromatic nitrogens is 3. The predicted octanol–water partition coefficient (Wildman–Crippen LogP) is 2.55. The van der Waals surface area contributed by atoms with Gasteiger partial charge in [-0.05, 0) is 23.8 Å². The lowest BCUT2D eigenvalue weighted by molar-refractivity contribution is -0.148. The lowest BCUT2D eigenvalue weighted by Gasteiger charge is -2.33. The van der Waals surface area contributed by atoms with Crippen LogP contribution in [0, 0.1) is 0 Å². The van der Waals surface area contributed by atoms with Crippen molar-refractivity contribution in [1.82, 2.24) is 19.4 Å². The summed E-state index contributed by atoms with van der Waals surface area (Å²) in [6.07, 6.45) is 2.14. The van der Waals surface area contributed by atoms with Crippen LogP contribution in [0.1, 0.15) is 24.4 Å². The maximum atomic E-state index is 13.3. The molecule has 3 heterocycles. The third-order valence-electron chi connectivity index (χ3n) is 5.51. The van der Waals surface area contributed by atoms with Crippen molar-refractivity contribution in [2.24, 2.45) is 0 Å². The first kappa shape index (κ1) is 17.4. The number of benzene rings is 2. The second kappa shape index (κ2) is 6.41. The van der Waals surface area contributed by atoms with Crippen LogP contribution in [-0.2, 0) is 22.6 Å². The zero-order valence-corrected chi connectivity index (χ0v) is 15.8. The van der Waals surface area contributed by atoms with Gasteiger partial charge >= 0.3 is 0 Å². The van der Waals surface area contributed by atoms with Crippen LogP contribution >= 0.6 is 0 Å². The summed E-state index contributed by atoms with van der Waals surface area (Å²) in [5.74, 6) is -0.310. The summed E-state index contributed by atoms with van der Waals surface area (Å²) in [4.78, 5) is 47.5. The van der Waals surface area contributed by atoms with Crippen LogP contribution in [0.2, 0.25) is 0 Å². The molecule has 0 fully saturated rings. The summed E-state index contributed by atoms with van der Waals surface area (Å²) in [5.41, 5.74) is 2.17. The van der Waals surface area contributed by atoms with E-state index in [1.165, 1.54) is 16.4 Å². The summed E-state index contributed by atoms with van der Waals surface area (Å²) in [7, 11) is 0. The smallest absolute Gasteiger partial charge is 0.262 e. The normalized spacial score (nSPS) is 16.4. The second-order valence-corrected chi connectivity index (χ2v) is 7.24. The molecule has 144 valence electrons. The molecule has 0 saturated carbocycles. The maximum Gasteiger partial charge on any atom is 0.262 e. The Labute approximate surface area is 165 Å². The van der Waals surface area contributed by atoms with Crippen molar-refractivity contribution in [2.75, 3.05) is 0 Å². The number of rotatable bonds is 2. The van der Waals surface area contributed by atoms with Gasteiger partial charge in [-0.25, -0.2) is 4.98 Å². The van der Waals surface area contributed by atoms with Gasteiger partial charge in [0.2, 0.25) is 5.91 Å². The van der Waals surface area contributed by atoms with E-state index in [1.54, 1.807) is 18.2 Å². The number of imide groups is 1. The fourth-order valence-corrected chi connectivity index (χ4v) is 4.09. The highest BCUT2D eigenvalue weighted by molar-refractivity contribution is 5.97. The van der Waals surface area contributed by atoms with Crippen LogP contribution < -0.4 is 5.56 Å². The molecular weight excluding hydrogens is 368 g/mol. The minimum absolute atomic E-state index is 0.00136. The van der Waals surface area contributed by atoms with Gasteiger partial charge in [0.25, 0.3) is 11.5 Å². The molecule has 2 aromatic carbocycles. The maximum absolute atomic E-state index is 13.3. The van der Waals surface area contributed by atoms with E-state index < -0.39 is 6.04 Å². The Bertz CT molecular complexity index is 1350. The van der Waals surface area contributed by atoms with Gasteiger partial charge in [0.1, 0.15) is 11.9 Å². The number of aromatic amines is 1. The Hall–Kier alpha value is -3.74. The van der Waals surface area contributed by atoms with Gasteiger partial charge in [0, 0.05) is 30.4 Å². The summed E-state index contributed by atoms with van der Waals surface area (Å²) in [6.45, 7) is 1.36. The van der Waals surface area contributed by atoms with Crippen molar-refractivity contribution in [1.29, 1.82) is 0 Å². The third-order valence-corrected chi connectivity index (χ3v) is 5.51. The number of nitrogens with zero attached hydrogens (tertiary/aromatic N) is 3. The van der Waals surface area contributed by atoms with E-state index in [1.807, 2.05) is 36.5 Å². The quantitative estimate of drug-likeness (QED) is 0.573. The highest BCUT2D eigenvalue weighted by Crippen LogP contribution is 2.28. The van der Waals surface area contributed by atoms with Gasteiger partial charge in [-0.15, -0.1) is 0 Å². The Morgan fingerprint density at radius 2 is 1.83 bits per heavy atom. The molecule has 0 aliphatic carbocycles. The lowest BCUT2D eigenvalue weighted by atomic mass is 10.0. The minimum atomic E-state index is -0.827. The summed E-state index contributed by atoms with van der Waals surface area (Å²) >= 11 is 0.